The minimum Gasteiger partial charge on any atom is -0.297 e. The fourth-order valence-electron chi connectivity index (χ4n) is 2.18. The van der Waals surface area contributed by atoms with Crippen LogP contribution in [0.15, 0.2) is 23.1 Å². The van der Waals surface area contributed by atoms with Crippen LogP contribution < -0.4 is 4.72 Å². The molecule has 0 saturated carbocycles. The molecule has 0 spiro atoms. The van der Waals surface area contributed by atoms with Gasteiger partial charge in [0.15, 0.2) is 0 Å². The molecule has 6 heteroatoms. The zero-order chi connectivity index (χ0) is 13.2. The van der Waals surface area contributed by atoms with Crippen LogP contribution >= 0.6 is 12.6 Å². The molecule has 1 aromatic carbocycles. The molecule has 4 nitrogen and oxygen atoms in total. The standard InChI is InChI=1S/C12H18N2O2S2/c1-18(15,16)13-5-7-14-6-4-10-8-12(17)3-2-11(10)9-14/h2-3,8,13,17H,4-7,9H2,1H3. The highest BCUT2D eigenvalue weighted by atomic mass is 32.2. The summed E-state index contributed by atoms with van der Waals surface area (Å²) in [5.41, 5.74) is 2.67. The SMILES string of the molecule is CS(=O)(=O)NCCN1CCc2cc(S)ccc2C1. The van der Waals surface area contributed by atoms with Crippen molar-refractivity contribution in [2.45, 2.75) is 17.9 Å². The molecule has 18 heavy (non-hydrogen) atoms. The Bertz CT molecular complexity index is 529. The van der Waals surface area contributed by atoms with E-state index in [9.17, 15) is 8.42 Å². The number of rotatable bonds is 4. The predicted octanol–water partition coefficient (Wildman–Crippen LogP) is 0.883. The first-order valence-electron chi connectivity index (χ1n) is 5.92. The zero-order valence-corrected chi connectivity index (χ0v) is 12.1. The third-order valence-corrected chi connectivity index (χ3v) is 4.08. The lowest BCUT2D eigenvalue weighted by Gasteiger charge is -2.28. The van der Waals surface area contributed by atoms with Gasteiger partial charge in [-0.2, -0.15) is 0 Å². The van der Waals surface area contributed by atoms with Crippen LogP contribution in [0.3, 0.4) is 0 Å². The average molecular weight is 286 g/mol. The Hall–Kier alpha value is -0.560. The summed E-state index contributed by atoms with van der Waals surface area (Å²) in [5.74, 6) is 0. The second-order valence-corrected chi connectivity index (χ2v) is 7.00. The van der Waals surface area contributed by atoms with Gasteiger partial charge >= 0.3 is 0 Å². The number of sulfonamides is 1. The molecular formula is C12H18N2O2S2. The number of thiol groups is 1. The Labute approximate surface area is 114 Å². The number of hydrogen-bond donors (Lipinski definition) is 2. The molecule has 1 aliphatic heterocycles. The molecule has 1 N–H and O–H groups in total. The van der Waals surface area contributed by atoms with Crippen molar-refractivity contribution in [3.05, 3.63) is 29.3 Å². The van der Waals surface area contributed by atoms with E-state index >= 15 is 0 Å². The zero-order valence-electron chi connectivity index (χ0n) is 10.4. The molecule has 0 radical (unpaired) electrons. The van der Waals surface area contributed by atoms with Gasteiger partial charge in [0.2, 0.25) is 10.0 Å². The Kier molecular flexibility index (Phi) is 4.32. The maximum Gasteiger partial charge on any atom is 0.208 e. The van der Waals surface area contributed by atoms with Gasteiger partial charge in [-0.3, -0.25) is 4.90 Å². The van der Waals surface area contributed by atoms with E-state index < -0.39 is 10.0 Å². The maximum absolute atomic E-state index is 11.0. The Balaban J connectivity index is 1.90. The van der Waals surface area contributed by atoms with Gasteiger partial charge in [-0.1, -0.05) is 6.07 Å². The van der Waals surface area contributed by atoms with Crippen LogP contribution in [0.2, 0.25) is 0 Å². The Morgan fingerprint density at radius 3 is 2.89 bits per heavy atom. The number of hydrogen-bond acceptors (Lipinski definition) is 4. The van der Waals surface area contributed by atoms with E-state index in [1.807, 2.05) is 6.07 Å². The quantitative estimate of drug-likeness (QED) is 0.808. The van der Waals surface area contributed by atoms with Crippen LogP contribution in [-0.4, -0.2) is 39.2 Å². The van der Waals surface area contributed by atoms with Crippen LogP contribution in [0.5, 0.6) is 0 Å². The lowest BCUT2D eigenvalue weighted by atomic mass is 10.00. The van der Waals surface area contributed by atoms with Crippen molar-refractivity contribution < 1.29 is 8.42 Å². The molecule has 0 aromatic heterocycles. The van der Waals surface area contributed by atoms with Gasteiger partial charge in [0.25, 0.3) is 0 Å². The van der Waals surface area contributed by atoms with Crippen LogP contribution in [0.4, 0.5) is 0 Å². The molecule has 1 aliphatic rings. The fraction of sp³-hybridized carbons (Fsp3) is 0.500. The van der Waals surface area contributed by atoms with Gasteiger partial charge in [0.05, 0.1) is 6.26 Å². The van der Waals surface area contributed by atoms with Gasteiger partial charge in [-0.15, -0.1) is 12.6 Å². The summed E-state index contributed by atoms with van der Waals surface area (Å²) in [6, 6.07) is 6.22. The van der Waals surface area contributed by atoms with Crippen LogP contribution in [0.25, 0.3) is 0 Å². The van der Waals surface area contributed by atoms with E-state index in [-0.39, 0.29) is 0 Å². The molecule has 0 saturated heterocycles. The van der Waals surface area contributed by atoms with Crippen molar-refractivity contribution in [2.75, 3.05) is 25.9 Å². The summed E-state index contributed by atoms with van der Waals surface area (Å²) in [6.07, 6.45) is 2.19. The van der Waals surface area contributed by atoms with Gasteiger partial charge < -0.3 is 0 Å². The van der Waals surface area contributed by atoms with E-state index in [4.69, 9.17) is 0 Å². The van der Waals surface area contributed by atoms with Crippen molar-refractivity contribution in [3.8, 4) is 0 Å². The molecule has 0 amide bonds. The molecule has 1 aromatic rings. The molecule has 2 rings (SSSR count). The molecule has 0 atom stereocenters. The van der Waals surface area contributed by atoms with Crippen molar-refractivity contribution in [1.29, 1.82) is 0 Å². The largest absolute Gasteiger partial charge is 0.297 e. The first-order chi connectivity index (χ1) is 8.44. The van der Waals surface area contributed by atoms with Crippen LogP contribution in [0, 0.1) is 0 Å². The van der Waals surface area contributed by atoms with Gasteiger partial charge in [0.1, 0.15) is 0 Å². The van der Waals surface area contributed by atoms with Crippen LogP contribution in [-0.2, 0) is 23.0 Å². The molecule has 0 bridgehead atoms. The highest BCUT2D eigenvalue weighted by molar-refractivity contribution is 7.88. The predicted molar refractivity (Wildman–Crippen MR) is 75.5 cm³/mol. The molecule has 0 aliphatic carbocycles. The van der Waals surface area contributed by atoms with E-state index in [1.54, 1.807) is 0 Å². The fourth-order valence-corrected chi connectivity index (χ4v) is 2.87. The first-order valence-corrected chi connectivity index (χ1v) is 8.26. The van der Waals surface area contributed by atoms with Gasteiger partial charge in [-0.05, 0) is 29.7 Å². The van der Waals surface area contributed by atoms with Gasteiger partial charge in [0, 0.05) is 31.1 Å². The summed E-state index contributed by atoms with van der Waals surface area (Å²) >= 11 is 4.34. The van der Waals surface area contributed by atoms with Crippen LogP contribution in [0.1, 0.15) is 11.1 Å². The van der Waals surface area contributed by atoms with Crippen molar-refractivity contribution in [3.63, 3.8) is 0 Å². The number of fused-ring (bicyclic) bond motifs is 1. The Morgan fingerprint density at radius 2 is 2.17 bits per heavy atom. The summed E-state index contributed by atoms with van der Waals surface area (Å²) in [6.45, 7) is 3.07. The highest BCUT2D eigenvalue weighted by Crippen LogP contribution is 2.21. The number of nitrogens with zero attached hydrogens (tertiary/aromatic N) is 1. The second kappa shape index (κ2) is 5.61. The molecular weight excluding hydrogens is 268 g/mol. The van der Waals surface area contributed by atoms with E-state index in [1.165, 1.54) is 17.4 Å². The number of nitrogens with one attached hydrogen (secondary N) is 1. The average Bonchev–Trinajstić information content (AvgIpc) is 2.27. The third kappa shape index (κ3) is 3.98. The summed E-state index contributed by atoms with van der Waals surface area (Å²) < 4.78 is 24.5. The second-order valence-electron chi connectivity index (χ2n) is 4.65. The summed E-state index contributed by atoms with van der Waals surface area (Å²) in [4.78, 5) is 3.26. The molecule has 0 unspecified atom stereocenters. The van der Waals surface area contributed by atoms with Crippen molar-refractivity contribution in [2.24, 2.45) is 0 Å². The minimum atomic E-state index is -3.08. The smallest absolute Gasteiger partial charge is 0.208 e. The lowest BCUT2D eigenvalue weighted by molar-refractivity contribution is 0.258. The number of benzene rings is 1. The lowest BCUT2D eigenvalue weighted by Crippen LogP contribution is -2.37. The van der Waals surface area contributed by atoms with Gasteiger partial charge in [-0.25, -0.2) is 13.1 Å². The molecule has 100 valence electrons. The van der Waals surface area contributed by atoms with E-state index in [0.717, 1.165) is 31.0 Å². The maximum atomic E-state index is 11.0. The highest BCUT2D eigenvalue weighted by Gasteiger charge is 2.16. The minimum absolute atomic E-state index is 0.471. The van der Waals surface area contributed by atoms with Crippen molar-refractivity contribution >= 4 is 22.7 Å². The molecule has 1 heterocycles. The topological polar surface area (TPSA) is 49.4 Å². The molecule has 0 fully saturated rings. The Morgan fingerprint density at radius 1 is 1.39 bits per heavy atom. The summed E-state index contributed by atoms with van der Waals surface area (Å²) in [5, 5.41) is 0. The normalized spacial score (nSPS) is 16.6. The monoisotopic (exact) mass is 286 g/mol. The summed E-state index contributed by atoms with van der Waals surface area (Å²) in [7, 11) is -3.08. The van der Waals surface area contributed by atoms with E-state index in [0.29, 0.717) is 6.54 Å². The van der Waals surface area contributed by atoms with E-state index in [2.05, 4.69) is 34.4 Å². The first kappa shape index (κ1) is 13.9. The van der Waals surface area contributed by atoms with Crippen molar-refractivity contribution in [1.82, 2.24) is 9.62 Å². The third-order valence-electron chi connectivity index (χ3n) is 3.07.